The number of hydrogen-bond donors (Lipinski definition) is 2. The van der Waals surface area contributed by atoms with E-state index in [1.54, 1.807) is 6.07 Å². The van der Waals surface area contributed by atoms with Gasteiger partial charge in [-0.2, -0.15) is 5.26 Å². The van der Waals surface area contributed by atoms with Gasteiger partial charge in [0.25, 0.3) is 0 Å². The van der Waals surface area contributed by atoms with Gasteiger partial charge in [-0.25, -0.2) is 13.6 Å². The summed E-state index contributed by atoms with van der Waals surface area (Å²) in [6.07, 6.45) is 1.79. The van der Waals surface area contributed by atoms with Gasteiger partial charge in [0.1, 0.15) is 6.07 Å². The molecule has 0 spiro atoms. The molecule has 7 heteroatoms. The Morgan fingerprint density at radius 3 is 2.65 bits per heavy atom. The van der Waals surface area contributed by atoms with Crippen LogP contribution in [0.25, 0.3) is 0 Å². The molecule has 0 fully saturated rings. The predicted molar refractivity (Wildman–Crippen MR) is 93.5 cm³/mol. The Morgan fingerprint density at radius 1 is 1.22 bits per heavy atom. The van der Waals surface area contributed by atoms with E-state index in [1.165, 1.54) is 17.7 Å². The van der Waals surface area contributed by atoms with Crippen LogP contribution >= 0.6 is 15.9 Å². The van der Waals surface area contributed by atoms with Crippen LogP contribution in [0.3, 0.4) is 0 Å². The first-order valence-electron chi connectivity index (χ1n) is 6.95. The van der Waals surface area contributed by atoms with Gasteiger partial charge in [0.05, 0.1) is 16.1 Å². The summed E-state index contributed by atoms with van der Waals surface area (Å²) in [7, 11) is -3.80. The molecule has 0 aromatic heterocycles. The van der Waals surface area contributed by atoms with Crippen molar-refractivity contribution >= 4 is 31.6 Å². The van der Waals surface area contributed by atoms with Crippen molar-refractivity contribution in [3.63, 3.8) is 0 Å². The molecule has 0 unspecified atom stereocenters. The molecule has 0 radical (unpaired) electrons. The highest BCUT2D eigenvalue weighted by Gasteiger charge is 2.11. The summed E-state index contributed by atoms with van der Waals surface area (Å²) in [5, 5.41) is 17.4. The van der Waals surface area contributed by atoms with Crippen LogP contribution in [-0.2, 0) is 16.4 Å². The highest BCUT2D eigenvalue weighted by molar-refractivity contribution is 9.10. The van der Waals surface area contributed by atoms with E-state index in [2.05, 4.69) is 33.4 Å². The normalized spacial score (nSPS) is 11.0. The van der Waals surface area contributed by atoms with Crippen LogP contribution in [0, 0.1) is 11.3 Å². The Balaban J connectivity index is 1.97. The lowest BCUT2D eigenvalue weighted by atomic mass is 10.1. The summed E-state index contributed by atoms with van der Waals surface area (Å²) in [5.41, 5.74) is 2.10. The molecule has 3 N–H and O–H groups in total. The number of aryl methyl sites for hydroxylation is 1. The molecule has 2 aromatic carbocycles. The van der Waals surface area contributed by atoms with Crippen molar-refractivity contribution in [2.75, 3.05) is 11.9 Å². The molecule has 120 valence electrons. The van der Waals surface area contributed by atoms with Crippen LogP contribution in [0.4, 0.5) is 5.69 Å². The standard InChI is InChI=1S/C16H16BrN3O2S/c17-14-5-1-3-12(9-14)4-2-8-20-16-7-6-15(23(19,21)22)10-13(16)11-18/h1,3,5-7,9-10,20H,2,4,8H2,(H2,19,21,22). The molecule has 23 heavy (non-hydrogen) atoms. The summed E-state index contributed by atoms with van der Waals surface area (Å²) < 4.78 is 23.7. The van der Waals surface area contributed by atoms with Gasteiger partial charge >= 0.3 is 0 Å². The second kappa shape index (κ2) is 7.59. The molecule has 0 aliphatic heterocycles. The van der Waals surface area contributed by atoms with E-state index in [9.17, 15) is 8.42 Å². The van der Waals surface area contributed by atoms with Gasteiger partial charge in [-0.15, -0.1) is 0 Å². The first-order valence-corrected chi connectivity index (χ1v) is 9.29. The Bertz CT molecular complexity index is 845. The summed E-state index contributed by atoms with van der Waals surface area (Å²) in [6.45, 7) is 0.677. The maximum Gasteiger partial charge on any atom is 0.238 e. The van der Waals surface area contributed by atoms with Gasteiger partial charge < -0.3 is 5.32 Å². The molecule has 0 amide bonds. The first kappa shape index (κ1) is 17.5. The number of halogens is 1. The smallest absolute Gasteiger partial charge is 0.238 e. The number of nitriles is 1. The molecule has 0 aliphatic rings. The average molecular weight is 394 g/mol. The molecule has 2 rings (SSSR count). The van der Waals surface area contributed by atoms with Crippen molar-refractivity contribution in [3.05, 3.63) is 58.1 Å². The molecule has 5 nitrogen and oxygen atoms in total. The van der Waals surface area contributed by atoms with Crippen molar-refractivity contribution in [2.45, 2.75) is 17.7 Å². The van der Waals surface area contributed by atoms with Crippen molar-refractivity contribution in [2.24, 2.45) is 5.14 Å². The molecular weight excluding hydrogens is 378 g/mol. The number of benzene rings is 2. The Kier molecular flexibility index (Phi) is 5.77. The summed E-state index contributed by atoms with van der Waals surface area (Å²) in [6, 6.07) is 14.3. The minimum Gasteiger partial charge on any atom is -0.384 e. The highest BCUT2D eigenvalue weighted by atomic mass is 79.9. The third kappa shape index (κ3) is 5.06. The van der Waals surface area contributed by atoms with E-state index >= 15 is 0 Å². The number of hydrogen-bond acceptors (Lipinski definition) is 4. The van der Waals surface area contributed by atoms with Crippen molar-refractivity contribution in [1.82, 2.24) is 0 Å². The van der Waals surface area contributed by atoms with E-state index in [1.807, 2.05) is 18.2 Å². The molecular formula is C16H16BrN3O2S. The van der Waals surface area contributed by atoms with Gasteiger partial charge in [-0.3, -0.25) is 0 Å². The molecule has 2 aromatic rings. The topological polar surface area (TPSA) is 96.0 Å². The van der Waals surface area contributed by atoms with Crippen LogP contribution < -0.4 is 10.5 Å². The fourth-order valence-corrected chi connectivity index (χ4v) is 3.14. The van der Waals surface area contributed by atoms with E-state index < -0.39 is 10.0 Å². The third-order valence-corrected chi connectivity index (χ3v) is 4.69. The van der Waals surface area contributed by atoms with Crippen LogP contribution in [0.1, 0.15) is 17.5 Å². The number of rotatable bonds is 6. The molecule has 0 saturated heterocycles. The minimum absolute atomic E-state index is 0.0614. The van der Waals surface area contributed by atoms with E-state index in [-0.39, 0.29) is 10.5 Å². The molecule has 0 saturated carbocycles. The van der Waals surface area contributed by atoms with Crippen LogP contribution in [0.5, 0.6) is 0 Å². The van der Waals surface area contributed by atoms with Crippen LogP contribution in [0.15, 0.2) is 51.8 Å². The van der Waals surface area contributed by atoms with Crippen molar-refractivity contribution in [1.29, 1.82) is 5.26 Å². The van der Waals surface area contributed by atoms with Crippen molar-refractivity contribution < 1.29 is 8.42 Å². The quantitative estimate of drug-likeness (QED) is 0.737. The summed E-state index contributed by atoms with van der Waals surface area (Å²) >= 11 is 3.44. The monoisotopic (exact) mass is 393 g/mol. The largest absolute Gasteiger partial charge is 0.384 e. The predicted octanol–water partition coefficient (Wildman–Crippen LogP) is 3.01. The van der Waals surface area contributed by atoms with Crippen molar-refractivity contribution in [3.8, 4) is 6.07 Å². The van der Waals surface area contributed by atoms with Crippen LogP contribution in [0.2, 0.25) is 0 Å². The zero-order valence-corrected chi connectivity index (χ0v) is 14.7. The highest BCUT2D eigenvalue weighted by Crippen LogP contribution is 2.19. The van der Waals surface area contributed by atoms with Gasteiger partial charge in [-0.05, 0) is 48.7 Å². The lowest BCUT2D eigenvalue weighted by Gasteiger charge is -2.09. The molecule has 0 heterocycles. The Labute approximate surface area is 144 Å². The maximum atomic E-state index is 11.3. The summed E-state index contributed by atoms with van der Waals surface area (Å²) in [4.78, 5) is -0.0614. The maximum absolute atomic E-state index is 11.3. The number of nitrogens with two attached hydrogens (primary N) is 1. The zero-order valence-electron chi connectivity index (χ0n) is 12.3. The minimum atomic E-state index is -3.80. The van der Waals surface area contributed by atoms with Gasteiger partial charge in [0.2, 0.25) is 10.0 Å². The Hall–Kier alpha value is -1.88. The second-order valence-corrected chi connectivity index (χ2v) is 7.50. The fraction of sp³-hybridized carbons (Fsp3) is 0.188. The summed E-state index contributed by atoms with van der Waals surface area (Å²) in [5.74, 6) is 0. The van der Waals surface area contributed by atoms with Gasteiger partial charge in [-0.1, -0.05) is 28.1 Å². The lowest BCUT2D eigenvalue weighted by molar-refractivity contribution is 0.598. The number of nitrogens with zero attached hydrogens (tertiary/aromatic N) is 1. The van der Waals surface area contributed by atoms with E-state index in [4.69, 9.17) is 10.4 Å². The number of primary sulfonamides is 1. The third-order valence-electron chi connectivity index (χ3n) is 3.29. The lowest BCUT2D eigenvalue weighted by Crippen LogP contribution is -2.13. The van der Waals surface area contributed by atoms with Crippen LogP contribution in [-0.4, -0.2) is 15.0 Å². The second-order valence-electron chi connectivity index (χ2n) is 5.02. The van der Waals surface area contributed by atoms with E-state index in [0.29, 0.717) is 12.2 Å². The molecule has 0 aliphatic carbocycles. The van der Waals surface area contributed by atoms with Gasteiger partial charge in [0, 0.05) is 11.0 Å². The zero-order chi connectivity index (χ0) is 16.9. The fourth-order valence-electron chi connectivity index (χ4n) is 2.16. The average Bonchev–Trinajstić information content (AvgIpc) is 2.50. The van der Waals surface area contributed by atoms with Gasteiger partial charge in [0.15, 0.2) is 0 Å². The number of nitrogens with one attached hydrogen (secondary N) is 1. The first-order chi connectivity index (χ1) is 10.9. The number of sulfonamides is 1. The Morgan fingerprint density at radius 2 is 2.00 bits per heavy atom. The molecule has 0 atom stereocenters. The van der Waals surface area contributed by atoms with E-state index in [0.717, 1.165) is 17.3 Å². The molecule has 0 bridgehead atoms. The number of anilines is 1. The SMILES string of the molecule is N#Cc1cc(S(N)(=O)=O)ccc1NCCCc1cccc(Br)c1.